The third kappa shape index (κ3) is 1.01. The summed E-state index contributed by atoms with van der Waals surface area (Å²) in [5.74, 6) is 0. The normalized spacial score (nSPS) is 10.7. The smallest absolute Gasteiger partial charge is 0.105 e. The molecule has 0 aliphatic heterocycles. The molecule has 3 nitrogen and oxygen atoms in total. The maximum absolute atomic E-state index is 4.15. The molecule has 0 fully saturated rings. The van der Waals surface area contributed by atoms with Crippen LogP contribution in [0, 0.1) is 10.6 Å². The van der Waals surface area contributed by atoms with Gasteiger partial charge in [0, 0.05) is 12.4 Å². The molecule has 0 saturated carbocycles. The number of nitrogens with one attached hydrogen (secondary N) is 1. The van der Waals surface area contributed by atoms with Crippen LogP contribution in [0.1, 0.15) is 5.56 Å². The molecular weight excluding hydrogens is 253 g/mol. The monoisotopic (exact) mass is 259 g/mol. The molecule has 1 N–H and O–H groups in total. The van der Waals surface area contributed by atoms with Crippen molar-refractivity contribution in [3.05, 3.63) is 21.7 Å². The summed E-state index contributed by atoms with van der Waals surface area (Å²) < 4.78 is 1.05. The molecule has 2 aromatic rings. The van der Waals surface area contributed by atoms with E-state index in [-0.39, 0.29) is 0 Å². The summed E-state index contributed by atoms with van der Waals surface area (Å²) >= 11 is 2.21. The minimum absolute atomic E-state index is 1.02. The summed E-state index contributed by atoms with van der Waals surface area (Å²) in [5, 5.41) is 8.16. The predicted molar refractivity (Wildman–Crippen MR) is 51.3 cm³/mol. The fourth-order valence-electron chi connectivity index (χ4n) is 1.03. The molecule has 0 atom stereocenters. The number of aryl methyl sites for hydroxylation is 1. The molecule has 56 valence electrons. The van der Waals surface area contributed by atoms with Gasteiger partial charge in [-0.15, -0.1) is 0 Å². The second kappa shape index (κ2) is 2.44. The molecule has 11 heavy (non-hydrogen) atoms. The summed E-state index contributed by atoms with van der Waals surface area (Å²) in [6.07, 6.45) is 3.65. The Bertz CT molecular complexity index is 393. The molecule has 0 amide bonds. The third-order valence-corrected chi connectivity index (χ3v) is 2.43. The van der Waals surface area contributed by atoms with Gasteiger partial charge >= 0.3 is 0 Å². The molecule has 0 radical (unpaired) electrons. The number of halogens is 1. The summed E-state index contributed by atoms with van der Waals surface area (Å²) in [6.45, 7) is 2.01. The minimum Gasteiger partial charge on any atom is -0.271 e. The van der Waals surface area contributed by atoms with Gasteiger partial charge in [0.05, 0.1) is 10.9 Å². The van der Waals surface area contributed by atoms with Crippen LogP contribution in [0.5, 0.6) is 0 Å². The zero-order valence-corrected chi connectivity index (χ0v) is 8.08. The van der Waals surface area contributed by atoms with E-state index in [0.29, 0.717) is 0 Å². The van der Waals surface area contributed by atoms with E-state index in [9.17, 15) is 0 Å². The van der Waals surface area contributed by atoms with Crippen LogP contribution in [0.25, 0.3) is 10.9 Å². The Morgan fingerprint density at radius 1 is 1.45 bits per heavy atom. The second-order valence-electron chi connectivity index (χ2n) is 2.39. The van der Waals surface area contributed by atoms with E-state index in [1.807, 2.05) is 19.3 Å². The molecule has 4 heteroatoms. The lowest BCUT2D eigenvalue weighted by Crippen LogP contribution is -1.78. The molecule has 0 aromatic carbocycles. The highest BCUT2D eigenvalue weighted by atomic mass is 127. The van der Waals surface area contributed by atoms with Gasteiger partial charge < -0.3 is 0 Å². The standard InChI is InChI=1S/C7H6IN3/c1-4-2-9-3-5-6(4)10-11-7(5)8/h2-3H,1H3,(H,10,11). The van der Waals surface area contributed by atoms with Crippen LogP contribution < -0.4 is 0 Å². The summed E-state index contributed by atoms with van der Waals surface area (Å²) in [4.78, 5) is 4.08. The summed E-state index contributed by atoms with van der Waals surface area (Å²) in [6, 6.07) is 0. The number of rotatable bonds is 0. The number of nitrogens with zero attached hydrogens (tertiary/aromatic N) is 2. The van der Waals surface area contributed by atoms with Crippen molar-refractivity contribution in [3.8, 4) is 0 Å². The fourth-order valence-corrected chi connectivity index (χ4v) is 1.55. The maximum Gasteiger partial charge on any atom is 0.105 e. The van der Waals surface area contributed by atoms with Crippen molar-refractivity contribution in [2.24, 2.45) is 0 Å². The van der Waals surface area contributed by atoms with Crippen LogP contribution in [-0.4, -0.2) is 15.2 Å². The molecule has 0 aliphatic rings. The van der Waals surface area contributed by atoms with Gasteiger partial charge in [0.1, 0.15) is 3.70 Å². The maximum atomic E-state index is 4.15. The number of hydrogen-bond acceptors (Lipinski definition) is 2. The predicted octanol–water partition coefficient (Wildman–Crippen LogP) is 1.87. The van der Waals surface area contributed by atoms with Crippen molar-refractivity contribution in [2.75, 3.05) is 0 Å². The molecule has 0 unspecified atom stereocenters. The van der Waals surface area contributed by atoms with E-state index >= 15 is 0 Å². The van der Waals surface area contributed by atoms with E-state index in [2.05, 4.69) is 37.8 Å². The highest BCUT2D eigenvalue weighted by Crippen LogP contribution is 2.18. The molecule has 0 spiro atoms. The largest absolute Gasteiger partial charge is 0.271 e. The Balaban J connectivity index is 2.94. The van der Waals surface area contributed by atoms with Gasteiger partial charge in [0.15, 0.2) is 0 Å². The molecule has 0 bridgehead atoms. The Labute approximate surface area is 77.4 Å². The quantitative estimate of drug-likeness (QED) is 0.734. The van der Waals surface area contributed by atoms with E-state index in [1.54, 1.807) is 0 Å². The molecular formula is C7H6IN3. The van der Waals surface area contributed by atoms with Crippen LogP contribution in [-0.2, 0) is 0 Å². The van der Waals surface area contributed by atoms with Gasteiger partial charge in [-0.1, -0.05) is 0 Å². The van der Waals surface area contributed by atoms with Crippen molar-refractivity contribution < 1.29 is 0 Å². The lowest BCUT2D eigenvalue weighted by molar-refractivity contribution is 1.09. The van der Waals surface area contributed by atoms with Crippen LogP contribution in [0.4, 0.5) is 0 Å². The number of H-pyrrole nitrogens is 1. The Hall–Kier alpha value is -0.650. The SMILES string of the molecule is Cc1cncc2c(I)[nH]nc12. The van der Waals surface area contributed by atoms with Gasteiger partial charge in [-0.2, -0.15) is 5.10 Å². The number of hydrogen-bond donors (Lipinski definition) is 1. The summed E-state index contributed by atoms with van der Waals surface area (Å²) in [5.41, 5.74) is 2.13. The second-order valence-corrected chi connectivity index (χ2v) is 3.47. The Kier molecular flexibility index (Phi) is 1.56. The highest BCUT2D eigenvalue weighted by Gasteiger charge is 2.03. The van der Waals surface area contributed by atoms with E-state index in [0.717, 1.165) is 20.2 Å². The average Bonchev–Trinajstić information content (AvgIpc) is 2.35. The van der Waals surface area contributed by atoms with Crippen molar-refractivity contribution in [1.29, 1.82) is 0 Å². The molecule has 2 rings (SSSR count). The first kappa shape index (κ1) is 7.02. The van der Waals surface area contributed by atoms with Crippen molar-refractivity contribution in [1.82, 2.24) is 15.2 Å². The first-order valence-corrected chi connectivity index (χ1v) is 4.31. The molecule has 2 heterocycles. The zero-order valence-electron chi connectivity index (χ0n) is 5.93. The van der Waals surface area contributed by atoms with Gasteiger partial charge in [-0.25, -0.2) is 0 Å². The van der Waals surface area contributed by atoms with Gasteiger partial charge in [0.25, 0.3) is 0 Å². The first-order valence-electron chi connectivity index (χ1n) is 3.23. The van der Waals surface area contributed by atoms with Crippen molar-refractivity contribution in [2.45, 2.75) is 6.92 Å². The number of aromatic amines is 1. The number of pyridine rings is 1. The van der Waals surface area contributed by atoms with Crippen LogP contribution >= 0.6 is 22.6 Å². The first-order chi connectivity index (χ1) is 5.29. The van der Waals surface area contributed by atoms with E-state index in [1.165, 1.54) is 0 Å². The Morgan fingerprint density at radius 2 is 2.27 bits per heavy atom. The number of fused-ring (bicyclic) bond motifs is 1. The fraction of sp³-hybridized carbons (Fsp3) is 0.143. The highest BCUT2D eigenvalue weighted by molar-refractivity contribution is 14.1. The van der Waals surface area contributed by atoms with Gasteiger partial charge in [-0.05, 0) is 35.1 Å². The topological polar surface area (TPSA) is 41.6 Å². The average molecular weight is 259 g/mol. The summed E-state index contributed by atoms with van der Waals surface area (Å²) in [7, 11) is 0. The minimum atomic E-state index is 1.02. The number of aromatic nitrogens is 3. The molecule has 0 saturated heterocycles. The van der Waals surface area contributed by atoms with Gasteiger partial charge in [0.2, 0.25) is 0 Å². The lowest BCUT2D eigenvalue weighted by atomic mass is 10.2. The van der Waals surface area contributed by atoms with Crippen molar-refractivity contribution in [3.63, 3.8) is 0 Å². The van der Waals surface area contributed by atoms with Crippen LogP contribution in [0.3, 0.4) is 0 Å². The lowest BCUT2D eigenvalue weighted by Gasteiger charge is -1.90. The van der Waals surface area contributed by atoms with E-state index in [4.69, 9.17) is 0 Å². The van der Waals surface area contributed by atoms with Crippen LogP contribution in [0.15, 0.2) is 12.4 Å². The van der Waals surface area contributed by atoms with Crippen LogP contribution in [0.2, 0.25) is 0 Å². The molecule has 0 aliphatic carbocycles. The van der Waals surface area contributed by atoms with E-state index < -0.39 is 0 Å². The van der Waals surface area contributed by atoms with Crippen molar-refractivity contribution >= 4 is 33.5 Å². The third-order valence-electron chi connectivity index (χ3n) is 1.60. The zero-order chi connectivity index (χ0) is 7.84. The van der Waals surface area contributed by atoms with Gasteiger partial charge in [-0.3, -0.25) is 10.1 Å². The molecule has 2 aromatic heterocycles. The Morgan fingerprint density at radius 3 is 3.00 bits per heavy atom.